The summed E-state index contributed by atoms with van der Waals surface area (Å²) in [6.07, 6.45) is -3.36. The van der Waals surface area contributed by atoms with Crippen molar-refractivity contribution in [3.05, 3.63) is 53.9 Å². The van der Waals surface area contributed by atoms with Crippen LogP contribution in [0.25, 0.3) is 0 Å². The van der Waals surface area contributed by atoms with Crippen LogP contribution in [-0.4, -0.2) is 78.3 Å². The Morgan fingerprint density at radius 3 is 2.40 bits per heavy atom. The van der Waals surface area contributed by atoms with Gasteiger partial charge in [-0.05, 0) is 49.0 Å². The summed E-state index contributed by atoms with van der Waals surface area (Å²) in [5, 5.41) is 2.63. The van der Waals surface area contributed by atoms with Crippen molar-refractivity contribution in [1.82, 2.24) is 20.1 Å². The number of benzene rings is 1. The molecule has 0 saturated carbocycles. The van der Waals surface area contributed by atoms with E-state index < -0.39 is 36.0 Å². The maximum Gasteiger partial charge on any atom is 0.573 e. The van der Waals surface area contributed by atoms with Gasteiger partial charge in [-0.15, -0.1) is 13.2 Å². The molecule has 0 spiro atoms. The molecule has 186 valence electrons. The first-order valence-corrected chi connectivity index (χ1v) is 11.0. The minimum absolute atomic E-state index is 0.109. The number of aromatic nitrogens is 1. The monoisotopic (exact) mass is 491 g/mol. The van der Waals surface area contributed by atoms with Gasteiger partial charge in [-0.1, -0.05) is 6.92 Å². The second kappa shape index (κ2) is 9.53. The molecule has 2 atom stereocenters. The molecule has 1 N–H and O–H groups in total. The number of nitrogens with zero attached hydrogens (tertiary/aromatic N) is 4. The normalized spacial score (nSPS) is 20.1. The number of halogens is 3. The molecule has 0 aliphatic carbocycles. The van der Waals surface area contributed by atoms with E-state index >= 15 is 0 Å². The Labute approximate surface area is 199 Å². The number of hydrogen-bond donors (Lipinski definition) is 1. The first-order chi connectivity index (χ1) is 16.5. The van der Waals surface area contributed by atoms with Gasteiger partial charge in [-0.3, -0.25) is 14.6 Å². The Hall–Kier alpha value is -3.67. The number of carbonyl (C=O) groups excluding carboxylic acids is 3. The zero-order valence-electron chi connectivity index (χ0n) is 19.1. The molecule has 1 aromatic carbocycles. The summed E-state index contributed by atoms with van der Waals surface area (Å²) < 4.78 is 41.0. The van der Waals surface area contributed by atoms with Crippen molar-refractivity contribution in [3.63, 3.8) is 0 Å². The highest BCUT2D eigenvalue weighted by Gasteiger charge is 2.42. The summed E-state index contributed by atoms with van der Waals surface area (Å²) in [6, 6.07) is 6.13. The number of rotatable bonds is 5. The zero-order chi connectivity index (χ0) is 25.3. The lowest BCUT2D eigenvalue weighted by atomic mass is 9.93. The van der Waals surface area contributed by atoms with Crippen LogP contribution in [0.4, 0.5) is 23.7 Å². The van der Waals surface area contributed by atoms with Crippen molar-refractivity contribution in [2.75, 3.05) is 38.1 Å². The third-order valence-corrected chi connectivity index (χ3v) is 6.12. The minimum Gasteiger partial charge on any atom is -0.406 e. The first kappa shape index (κ1) is 24.5. The summed E-state index contributed by atoms with van der Waals surface area (Å²) in [6.45, 7) is 4.46. The Morgan fingerprint density at radius 1 is 1.11 bits per heavy atom. The number of amides is 4. The lowest BCUT2D eigenvalue weighted by molar-refractivity contribution is -0.274. The average molecular weight is 491 g/mol. The number of carbonyl (C=O) groups is 3. The fourth-order valence-corrected chi connectivity index (χ4v) is 4.09. The highest BCUT2D eigenvalue weighted by Crippen LogP contribution is 2.30. The van der Waals surface area contributed by atoms with E-state index in [4.69, 9.17) is 0 Å². The highest BCUT2D eigenvalue weighted by atomic mass is 19.4. The number of urea groups is 1. The van der Waals surface area contributed by atoms with Crippen LogP contribution in [0.3, 0.4) is 0 Å². The second-order valence-electron chi connectivity index (χ2n) is 8.50. The van der Waals surface area contributed by atoms with E-state index in [2.05, 4.69) is 19.9 Å². The van der Waals surface area contributed by atoms with Crippen LogP contribution in [0, 0.1) is 0 Å². The van der Waals surface area contributed by atoms with Crippen molar-refractivity contribution in [2.24, 2.45) is 0 Å². The van der Waals surface area contributed by atoms with Gasteiger partial charge in [0.2, 0.25) is 0 Å². The summed E-state index contributed by atoms with van der Waals surface area (Å²) in [7, 11) is 1.99. The number of hydrogen-bond acceptors (Lipinski definition) is 6. The van der Waals surface area contributed by atoms with Gasteiger partial charge in [0.15, 0.2) is 0 Å². The molecule has 2 aromatic rings. The molecular formula is C23H24F3N5O4. The van der Waals surface area contributed by atoms with Crippen LogP contribution in [0.2, 0.25) is 0 Å². The van der Waals surface area contributed by atoms with Gasteiger partial charge in [0.1, 0.15) is 17.5 Å². The standard InChI is InChI=1S/C23H24F3N5O4/c1-14(15-7-8-27-18(13-15)20(32)30-11-9-29(2)10-12-30)19-21(33)31(22(34)28-19)16-3-5-17(6-4-16)35-23(24,25)26/h3-8,13-14,19H,9-12H2,1-2H3,(H,28,34). The predicted molar refractivity (Wildman–Crippen MR) is 119 cm³/mol. The van der Waals surface area contributed by atoms with Gasteiger partial charge in [0.05, 0.1) is 5.69 Å². The van der Waals surface area contributed by atoms with Crippen molar-refractivity contribution in [3.8, 4) is 5.75 Å². The van der Waals surface area contributed by atoms with Gasteiger partial charge < -0.3 is 19.9 Å². The number of likely N-dealkylation sites (N-methyl/N-ethyl adjacent to an activating group) is 1. The number of alkyl halides is 3. The fraction of sp³-hybridized carbons (Fsp3) is 0.391. The molecule has 0 bridgehead atoms. The lowest BCUT2D eigenvalue weighted by Gasteiger charge is -2.32. The Morgan fingerprint density at radius 2 is 1.77 bits per heavy atom. The zero-order valence-corrected chi connectivity index (χ0v) is 19.1. The van der Waals surface area contributed by atoms with E-state index in [1.807, 2.05) is 7.05 Å². The number of piperazine rings is 1. The van der Waals surface area contributed by atoms with Crippen molar-refractivity contribution in [2.45, 2.75) is 25.2 Å². The van der Waals surface area contributed by atoms with Gasteiger partial charge in [-0.2, -0.15) is 0 Å². The molecule has 2 fully saturated rings. The quantitative estimate of drug-likeness (QED) is 0.647. The molecule has 0 radical (unpaired) electrons. The van der Waals surface area contributed by atoms with Crippen LogP contribution in [0.15, 0.2) is 42.6 Å². The average Bonchev–Trinajstić information content (AvgIpc) is 3.12. The molecule has 35 heavy (non-hydrogen) atoms. The molecule has 2 aliphatic rings. The van der Waals surface area contributed by atoms with E-state index in [1.54, 1.807) is 24.0 Å². The van der Waals surface area contributed by atoms with E-state index in [1.165, 1.54) is 18.3 Å². The highest BCUT2D eigenvalue weighted by molar-refractivity contribution is 6.21. The molecule has 2 unspecified atom stereocenters. The Kier molecular flexibility index (Phi) is 6.66. The largest absolute Gasteiger partial charge is 0.573 e. The van der Waals surface area contributed by atoms with Crippen molar-refractivity contribution >= 4 is 23.5 Å². The van der Waals surface area contributed by atoms with E-state index in [-0.39, 0.29) is 17.3 Å². The Balaban J connectivity index is 1.48. The first-order valence-electron chi connectivity index (χ1n) is 11.0. The van der Waals surface area contributed by atoms with Gasteiger partial charge in [0, 0.05) is 38.3 Å². The summed E-state index contributed by atoms with van der Waals surface area (Å²) in [5.74, 6) is -1.72. The predicted octanol–water partition coefficient (Wildman–Crippen LogP) is 2.60. The maximum absolute atomic E-state index is 13.1. The van der Waals surface area contributed by atoms with E-state index in [9.17, 15) is 27.6 Å². The van der Waals surface area contributed by atoms with Crippen LogP contribution in [-0.2, 0) is 4.79 Å². The molecule has 4 rings (SSSR count). The maximum atomic E-state index is 13.1. The summed E-state index contributed by atoms with van der Waals surface area (Å²) in [4.78, 5) is 47.5. The molecule has 1 aromatic heterocycles. The van der Waals surface area contributed by atoms with Gasteiger partial charge in [-0.25, -0.2) is 9.69 Å². The summed E-state index contributed by atoms with van der Waals surface area (Å²) >= 11 is 0. The second-order valence-corrected chi connectivity index (χ2v) is 8.50. The van der Waals surface area contributed by atoms with E-state index in [0.717, 1.165) is 30.1 Å². The topological polar surface area (TPSA) is 95.1 Å². The third-order valence-electron chi connectivity index (χ3n) is 6.12. The smallest absolute Gasteiger partial charge is 0.406 e. The number of pyridine rings is 1. The Bertz CT molecular complexity index is 1120. The molecule has 2 saturated heterocycles. The number of imide groups is 1. The number of ether oxygens (including phenoxy) is 1. The van der Waals surface area contributed by atoms with Crippen LogP contribution in [0.1, 0.15) is 28.9 Å². The lowest BCUT2D eigenvalue weighted by Crippen LogP contribution is -2.47. The SMILES string of the molecule is CC(c1ccnc(C(=O)N2CCN(C)CC2)c1)C1NC(=O)N(c2ccc(OC(F)(F)F)cc2)C1=O. The molecule has 2 aliphatic heterocycles. The van der Waals surface area contributed by atoms with Gasteiger partial charge >= 0.3 is 12.4 Å². The van der Waals surface area contributed by atoms with Crippen LogP contribution in [0.5, 0.6) is 5.75 Å². The van der Waals surface area contributed by atoms with E-state index in [0.29, 0.717) is 18.7 Å². The molecular weight excluding hydrogens is 467 g/mol. The van der Waals surface area contributed by atoms with Gasteiger partial charge in [0.25, 0.3) is 11.8 Å². The third kappa shape index (κ3) is 5.37. The van der Waals surface area contributed by atoms with Crippen LogP contribution < -0.4 is 15.0 Å². The van der Waals surface area contributed by atoms with Crippen LogP contribution >= 0.6 is 0 Å². The molecule has 4 amide bonds. The molecule has 12 heteroatoms. The summed E-state index contributed by atoms with van der Waals surface area (Å²) in [5.41, 5.74) is 1.01. The fourth-order valence-electron chi connectivity index (χ4n) is 4.09. The molecule has 9 nitrogen and oxygen atoms in total. The van der Waals surface area contributed by atoms with Crippen molar-refractivity contribution < 1.29 is 32.3 Å². The van der Waals surface area contributed by atoms with Crippen molar-refractivity contribution in [1.29, 1.82) is 0 Å². The molecule has 3 heterocycles. The minimum atomic E-state index is -4.85. The number of nitrogens with one attached hydrogen (secondary N) is 1. The number of anilines is 1.